The highest BCUT2D eigenvalue weighted by atomic mass is 16.6. The van der Waals surface area contributed by atoms with Gasteiger partial charge in [0.25, 0.3) is 0 Å². The van der Waals surface area contributed by atoms with Crippen LogP contribution in [0, 0.1) is 0 Å². The van der Waals surface area contributed by atoms with E-state index in [1.807, 2.05) is 0 Å². The Hall–Kier alpha value is -4.45. The van der Waals surface area contributed by atoms with Crippen LogP contribution in [-0.2, 0) is 28.6 Å². The molecular weight excluding hydrogens is 925 g/mol. The lowest BCUT2D eigenvalue weighted by Gasteiger charge is -2.18. The van der Waals surface area contributed by atoms with Crippen LogP contribution >= 0.6 is 0 Å². The van der Waals surface area contributed by atoms with E-state index in [1.54, 1.807) is 0 Å². The van der Waals surface area contributed by atoms with Gasteiger partial charge in [0.2, 0.25) is 0 Å². The third kappa shape index (κ3) is 60.3. The van der Waals surface area contributed by atoms with Gasteiger partial charge < -0.3 is 14.2 Å². The number of carbonyl (C=O) groups excluding carboxylic acids is 3. The lowest BCUT2D eigenvalue weighted by atomic mass is 10.1. The second kappa shape index (κ2) is 62.1. The van der Waals surface area contributed by atoms with Gasteiger partial charge in [-0.15, -0.1) is 0 Å². The standard InChI is InChI=1S/C69H112O6/c1-4-7-10-13-16-19-21-23-25-26-27-28-29-30-31-32-33-34-35-36-37-38-39-40-41-42-44-45-47-50-53-56-59-62-68(71)74-65-66(64-73-67(70)61-58-55-52-49-18-15-12-9-6-3)75-69(72)63-60-57-54-51-48-46-43-24-22-20-17-14-11-8-5-2/h7,10,16-17,19-20,23-25,27-28,30-31,33-34,36-37,39-40,42-44,66H,4-6,8-9,11-15,18,21-22,26,29,32,35,38,41,45-65H2,1-3H3/b10-7-,19-16-,20-17-,25-23-,28-27-,31-30-,34-33-,37-36-,40-39-,43-24-,44-42-. The highest BCUT2D eigenvalue weighted by Crippen LogP contribution is 2.14. The summed E-state index contributed by atoms with van der Waals surface area (Å²) in [6, 6.07) is 0. The van der Waals surface area contributed by atoms with Crippen molar-refractivity contribution in [2.45, 2.75) is 271 Å². The third-order valence-corrected chi connectivity index (χ3v) is 12.6. The number of hydrogen-bond acceptors (Lipinski definition) is 6. The summed E-state index contributed by atoms with van der Waals surface area (Å²) in [5, 5.41) is 0. The molecule has 1 atom stereocenters. The molecule has 6 heteroatoms. The van der Waals surface area contributed by atoms with Crippen molar-refractivity contribution in [2.24, 2.45) is 0 Å². The van der Waals surface area contributed by atoms with Crippen LogP contribution in [0.4, 0.5) is 0 Å². The monoisotopic (exact) mass is 1040 g/mol. The van der Waals surface area contributed by atoms with Crippen molar-refractivity contribution < 1.29 is 28.6 Å². The molecule has 0 bridgehead atoms. The van der Waals surface area contributed by atoms with Crippen LogP contribution in [0.25, 0.3) is 0 Å². The highest BCUT2D eigenvalue weighted by molar-refractivity contribution is 5.71. The molecule has 0 fully saturated rings. The van der Waals surface area contributed by atoms with Gasteiger partial charge in [-0.2, -0.15) is 0 Å². The van der Waals surface area contributed by atoms with Gasteiger partial charge in [0.1, 0.15) is 13.2 Å². The summed E-state index contributed by atoms with van der Waals surface area (Å²) < 4.78 is 16.8. The van der Waals surface area contributed by atoms with Crippen LogP contribution < -0.4 is 0 Å². The number of esters is 3. The lowest BCUT2D eigenvalue weighted by molar-refractivity contribution is -0.167. The molecule has 0 saturated heterocycles. The zero-order chi connectivity index (χ0) is 54.3. The van der Waals surface area contributed by atoms with Crippen LogP contribution in [-0.4, -0.2) is 37.2 Å². The van der Waals surface area contributed by atoms with E-state index in [0.29, 0.717) is 19.3 Å². The van der Waals surface area contributed by atoms with Crippen molar-refractivity contribution in [2.75, 3.05) is 13.2 Å². The smallest absolute Gasteiger partial charge is 0.306 e. The average Bonchev–Trinajstić information content (AvgIpc) is 3.41. The summed E-state index contributed by atoms with van der Waals surface area (Å²) in [4.78, 5) is 38.1. The predicted molar refractivity (Wildman–Crippen MR) is 325 cm³/mol. The summed E-state index contributed by atoms with van der Waals surface area (Å²) in [7, 11) is 0. The zero-order valence-corrected chi connectivity index (χ0v) is 48.5. The van der Waals surface area contributed by atoms with Gasteiger partial charge in [-0.05, 0) is 122 Å². The van der Waals surface area contributed by atoms with Gasteiger partial charge in [0.15, 0.2) is 6.10 Å². The van der Waals surface area contributed by atoms with Crippen molar-refractivity contribution in [1.82, 2.24) is 0 Å². The Morgan fingerprint density at radius 2 is 0.520 bits per heavy atom. The second-order valence-electron chi connectivity index (χ2n) is 19.9. The maximum Gasteiger partial charge on any atom is 0.306 e. The first kappa shape index (κ1) is 70.5. The van der Waals surface area contributed by atoms with Crippen LogP contribution in [0.3, 0.4) is 0 Å². The van der Waals surface area contributed by atoms with E-state index in [1.165, 1.54) is 64.2 Å². The van der Waals surface area contributed by atoms with Gasteiger partial charge in [0, 0.05) is 19.3 Å². The quantitative estimate of drug-likeness (QED) is 0.0261. The predicted octanol–water partition coefficient (Wildman–Crippen LogP) is 21.0. The molecular formula is C69H112O6. The molecule has 1 unspecified atom stereocenters. The Kier molecular flexibility index (Phi) is 58.4. The summed E-state index contributed by atoms with van der Waals surface area (Å²) in [6.45, 7) is 6.45. The fraction of sp³-hybridized carbons (Fsp3) is 0.638. The number of carbonyl (C=O) groups is 3. The molecule has 6 nitrogen and oxygen atoms in total. The Morgan fingerprint density at radius 3 is 0.840 bits per heavy atom. The summed E-state index contributed by atoms with van der Waals surface area (Å²) >= 11 is 0. The maximum absolute atomic E-state index is 12.8. The first-order valence-electron chi connectivity index (χ1n) is 30.7. The van der Waals surface area contributed by atoms with Crippen molar-refractivity contribution >= 4 is 17.9 Å². The highest BCUT2D eigenvalue weighted by Gasteiger charge is 2.19. The molecule has 0 aliphatic rings. The van der Waals surface area contributed by atoms with Crippen molar-refractivity contribution in [1.29, 1.82) is 0 Å². The van der Waals surface area contributed by atoms with E-state index in [-0.39, 0.29) is 31.1 Å². The first-order valence-corrected chi connectivity index (χ1v) is 30.7. The molecule has 424 valence electrons. The third-order valence-electron chi connectivity index (χ3n) is 12.6. The SMILES string of the molecule is CC/C=C\C/C=C\C/C=C\C/C=C\C/C=C\C/C=C\C/C=C\C/C=C\C/C=C\CCCCCCCC(=O)OCC(COC(=O)CCCCCCCCCCC)OC(=O)CCCCCCC/C=C\C/C=C\CCCCC. The normalized spacial score (nSPS) is 13.1. The lowest BCUT2D eigenvalue weighted by Crippen LogP contribution is -2.30. The van der Waals surface area contributed by atoms with Gasteiger partial charge in [-0.25, -0.2) is 0 Å². The largest absolute Gasteiger partial charge is 0.462 e. The van der Waals surface area contributed by atoms with Crippen molar-refractivity contribution in [3.63, 3.8) is 0 Å². The summed E-state index contributed by atoms with van der Waals surface area (Å²) in [5.41, 5.74) is 0. The Bertz CT molecular complexity index is 1620. The summed E-state index contributed by atoms with van der Waals surface area (Å²) in [5.74, 6) is -0.930. The number of allylic oxidation sites excluding steroid dienone is 22. The first-order chi connectivity index (χ1) is 37.0. The minimum atomic E-state index is -0.795. The van der Waals surface area contributed by atoms with Gasteiger partial charge >= 0.3 is 17.9 Å². The number of ether oxygens (including phenoxy) is 3. The van der Waals surface area contributed by atoms with Gasteiger partial charge in [0.05, 0.1) is 0 Å². The molecule has 0 heterocycles. The minimum absolute atomic E-state index is 0.0914. The molecule has 0 aromatic carbocycles. The zero-order valence-electron chi connectivity index (χ0n) is 48.5. The van der Waals surface area contributed by atoms with Crippen molar-refractivity contribution in [3.05, 3.63) is 134 Å². The fourth-order valence-corrected chi connectivity index (χ4v) is 8.05. The Morgan fingerprint density at radius 1 is 0.280 bits per heavy atom. The molecule has 0 aliphatic carbocycles. The van der Waals surface area contributed by atoms with Crippen LogP contribution in [0.15, 0.2) is 134 Å². The molecule has 0 aromatic heterocycles. The van der Waals surface area contributed by atoms with Crippen molar-refractivity contribution in [3.8, 4) is 0 Å². The van der Waals surface area contributed by atoms with Crippen LogP contribution in [0.5, 0.6) is 0 Å². The van der Waals surface area contributed by atoms with E-state index in [4.69, 9.17) is 14.2 Å². The van der Waals surface area contributed by atoms with E-state index in [9.17, 15) is 14.4 Å². The van der Waals surface area contributed by atoms with Crippen LogP contribution in [0.1, 0.15) is 265 Å². The Balaban J connectivity index is 4.26. The van der Waals surface area contributed by atoms with E-state index in [2.05, 4.69) is 154 Å². The molecule has 0 radical (unpaired) electrons. The van der Waals surface area contributed by atoms with Crippen LogP contribution in [0.2, 0.25) is 0 Å². The van der Waals surface area contributed by atoms with E-state index >= 15 is 0 Å². The maximum atomic E-state index is 12.8. The van der Waals surface area contributed by atoms with E-state index < -0.39 is 6.10 Å². The van der Waals surface area contributed by atoms with Gasteiger partial charge in [-0.3, -0.25) is 14.4 Å². The molecule has 0 aliphatic heterocycles. The number of unbranched alkanes of at least 4 members (excludes halogenated alkanes) is 21. The molecule has 0 N–H and O–H groups in total. The molecule has 75 heavy (non-hydrogen) atoms. The Labute approximate surface area is 462 Å². The molecule has 0 spiro atoms. The average molecular weight is 1040 g/mol. The second-order valence-corrected chi connectivity index (χ2v) is 19.9. The van der Waals surface area contributed by atoms with E-state index in [0.717, 1.165) is 161 Å². The minimum Gasteiger partial charge on any atom is -0.462 e. The molecule has 0 saturated carbocycles. The number of rotatable bonds is 54. The molecule has 0 aromatic rings. The topological polar surface area (TPSA) is 78.9 Å². The number of hydrogen-bond donors (Lipinski definition) is 0. The molecule has 0 amide bonds. The summed E-state index contributed by atoms with van der Waals surface area (Å²) in [6.07, 6.45) is 87.5. The molecule has 0 rings (SSSR count). The fourth-order valence-electron chi connectivity index (χ4n) is 8.05. The van der Waals surface area contributed by atoms with Gasteiger partial charge in [-0.1, -0.05) is 257 Å².